The summed E-state index contributed by atoms with van der Waals surface area (Å²) in [6, 6.07) is 3.70. The first-order valence-corrected chi connectivity index (χ1v) is 13.0. The number of hydrogen-bond donors (Lipinski definition) is 3. The van der Waals surface area contributed by atoms with E-state index in [1.165, 1.54) is 0 Å². The molecular formula is C26H37N7O5. The van der Waals surface area contributed by atoms with Gasteiger partial charge in [0.15, 0.2) is 11.5 Å². The normalized spacial score (nSPS) is 23.6. The molecule has 1 aromatic heterocycles. The van der Waals surface area contributed by atoms with E-state index in [9.17, 15) is 14.4 Å². The van der Waals surface area contributed by atoms with E-state index in [4.69, 9.17) is 9.47 Å². The van der Waals surface area contributed by atoms with Crippen molar-refractivity contribution in [3.8, 4) is 11.5 Å². The summed E-state index contributed by atoms with van der Waals surface area (Å²) in [5.41, 5.74) is 1.06. The SMILES string of the molecule is COc1ccc2cc1OCCCn1cc(nn1)CNC(=O)[C@@H](CC(C)C)NC(=O)[C@@H]1C[C@@H](CN1C)NC2=O. The zero-order chi connectivity index (χ0) is 27.2. The minimum Gasteiger partial charge on any atom is -0.493 e. The number of aromatic nitrogens is 3. The molecule has 4 rings (SSSR count). The van der Waals surface area contributed by atoms with Crippen molar-refractivity contribution in [2.45, 2.75) is 64.3 Å². The van der Waals surface area contributed by atoms with Crippen molar-refractivity contribution in [3.05, 3.63) is 35.7 Å². The van der Waals surface area contributed by atoms with Crippen LogP contribution in [0.1, 0.15) is 49.2 Å². The lowest BCUT2D eigenvalue weighted by atomic mass is 10.0. The highest BCUT2D eigenvalue weighted by Gasteiger charge is 2.37. The number of carbonyl (C=O) groups is 3. The summed E-state index contributed by atoms with van der Waals surface area (Å²) in [5, 5.41) is 17.1. The second-order valence-corrected chi connectivity index (χ2v) is 10.3. The van der Waals surface area contributed by atoms with Gasteiger partial charge in [-0.2, -0.15) is 0 Å². The van der Waals surface area contributed by atoms with Crippen LogP contribution in [0.25, 0.3) is 0 Å². The number of methoxy groups -OCH3 is 1. The molecule has 2 aromatic rings. The van der Waals surface area contributed by atoms with Gasteiger partial charge < -0.3 is 25.4 Å². The number of aryl methyl sites for hydroxylation is 1. The zero-order valence-electron chi connectivity index (χ0n) is 22.4. The highest BCUT2D eigenvalue weighted by molar-refractivity contribution is 5.95. The Morgan fingerprint density at radius 1 is 1.18 bits per heavy atom. The Labute approximate surface area is 222 Å². The van der Waals surface area contributed by atoms with Crippen molar-refractivity contribution in [1.82, 2.24) is 35.8 Å². The number of nitrogens with one attached hydrogen (secondary N) is 3. The number of likely N-dealkylation sites (tertiary alicyclic amines) is 1. The minimum absolute atomic E-state index is 0.200. The first-order chi connectivity index (χ1) is 18.2. The molecule has 3 atom stereocenters. The molecule has 0 aliphatic carbocycles. The minimum atomic E-state index is -0.677. The molecule has 206 valence electrons. The molecule has 3 amide bonds. The second kappa shape index (κ2) is 12.2. The van der Waals surface area contributed by atoms with Crippen LogP contribution in [-0.2, 0) is 22.7 Å². The summed E-state index contributed by atoms with van der Waals surface area (Å²) in [6.45, 7) is 5.68. The predicted molar refractivity (Wildman–Crippen MR) is 139 cm³/mol. The van der Waals surface area contributed by atoms with Crippen LogP contribution in [0.4, 0.5) is 0 Å². The Morgan fingerprint density at radius 3 is 2.76 bits per heavy atom. The Bertz CT molecular complexity index is 1150. The van der Waals surface area contributed by atoms with Gasteiger partial charge in [-0.3, -0.25) is 24.0 Å². The lowest BCUT2D eigenvalue weighted by Crippen LogP contribution is -2.52. The van der Waals surface area contributed by atoms with E-state index in [-0.39, 0.29) is 36.2 Å². The summed E-state index contributed by atoms with van der Waals surface area (Å²) >= 11 is 0. The van der Waals surface area contributed by atoms with Crippen LogP contribution >= 0.6 is 0 Å². The van der Waals surface area contributed by atoms with Crippen LogP contribution in [0.3, 0.4) is 0 Å². The molecule has 2 aliphatic rings. The summed E-state index contributed by atoms with van der Waals surface area (Å²) in [7, 11) is 3.39. The van der Waals surface area contributed by atoms with Gasteiger partial charge in [0, 0.05) is 31.1 Å². The number of fused-ring (bicyclic) bond motifs is 6. The Balaban J connectivity index is 1.56. The average molecular weight is 528 g/mol. The average Bonchev–Trinajstić information content (AvgIpc) is 3.49. The maximum absolute atomic E-state index is 13.2. The number of likely N-dealkylation sites (N-methyl/N-ethyl adjacent to an activating group) is 1. The topological polar surface area (TPSA) is 140 Å². The van der Waals surface area contributed by atoms with Gasteiger partial charge in [0.25, 0.3) is 5.91 Å². The second-order valence-electron chi connectivity index (χ2n) is 10.3. The number of carbonyl (C=O) groups excluding carboxylic acids is 3. The van der Waals surface area contributed by atoms with Gasteiger partial charge in [0.05, 0.1) is 32.5 Å². The maximum Gasteiger partial charge on any atom is 0.251 e. The lowest BCUT2D eigenvalue weighted by molar-refractivity contribution is -0.131. The zero-order valence-corrected chi connectivity index (χ0v) is 22.4. The third-order valence-corrected chi connectivity index (χ3v) is 6.77. The summed E-state index contributed by atoms with van der Waals surface area (Å²) in [5.74, 6) is 0.458. The summed E-state index contributed by atoms with van der Waals surface area (Å²) < 4.78 is 13.0. The molecule has 0 saturated carbocycles. The van der Waals surface area contributed by atoms with E-state index in [0.717, 1.165) is 0 Å². The smallest absolute Gasteiger partial charge is 0.251 e. The summed E-state index contributed by atoms with van der Waals surface area (Å²) in [4.78, 5) is 41.2. The van der Waals surface area contributed by atoms with Crippen LogP contribution in [0.2, 0.25) is 0 Å². The van der Waals surface area contributed by atoms with Gasteiger partial charge in [-0.05, 0) is 44.0 Å². The molecule has 1 saturated heterocycles. The molecular weight excluding hydrogens is 490 g/mol. The molecule has 1 aromatic carbocycles. The van der Waals surface area contributed by atoms with E-state index in [1.54, 1.807) is 36.2 Å². The number of ether oxygens (including phenoxy) is 2. The molecule has 6 bridgehead atoms. The monoisotopic (exact) mass is 527 g/mol. The quantitative estimate of drug-likeness (QED) is 0.531. The van der Waals surface area contributed by atoms with Crippen molar-refractivity contribution >= 4 is 17.7 Å². The molecule has 38 heavy (non-hydrogen) atoms. The number of nitrogens with zero attached hydrogens (tertiary/aromatic N) is 4. The van der Waals surface area contributed by atoms with Crippen LogP contribution in [-0.4, -0.2) is 83.0 Å². The molecule has 0 spiro atoms. The third kappa shape index (κ3) is 6.80. The van der Waals surface area contributed by atoms with Crippen molar-refractivity contribution in [2.75, 3.05) is 27.3 Å². The highest BCUT2D eigenvalue weighted by Crippen LogP contribution is 2.28. The molecule has 12 heteroatoms. The fourth-order valence-corrected chi connectivity index (χ4v) is 4.82. The van der Waals surface area contributed by atoms with Crippen LogP contribution < -0.4 is 25.4 Å². The molecule has 3 N–H and O–H groups in total. The van der Waals surface area contributed by atoms with E-state index < -0.39 is 12.1 Å². The van der Waals surface area contributed by atoms with E-state index in [2.05, 4.69) is 26.3 Å². The highest BCUT2D eigenvalue weighted by atomic mass is 16.5. The van der Waals surface area contributed by atoms with Crippen LogP contribution in [0.5, 0.6) is 11.5 Å². The summed E-state index contributed by atoms with van der Waals surface area (Å²) in [6.07, 6.45) is 3.36. The molecule has 12 nitrogen and oxygen atoms in total. The van der Waals surface area contributed by atoms with E-state index in [0.29, 0.717) is 61.7 Å². The molecule has 3 heterocycles. The van der Waals surface area contributed by atoms with Crippen LogP contribution in [0.15, 0.2) is 24.4 Å². The first kappa shape index (κ1) is 27.4. The van der Waals surface area contributed by atoms with Crippen molar-refractivity contribution < 1.29 is 23.9 Å². The van der Waals surface area contributed by atoms with Crippen LogP contribution in [0, 0.1) is 5.92 Å². The van der Waals surface area contributed by atoms with Gasteiger partial charge >= 0.3 is 0 Å². The van der Waals surface area contributed by atoms with Crippen molar-refractivity contribution in [2.24, 2.45) is 5.92 Å². The Morgan fingerprint density at radius 2 is 2.00 bits per heavy atom. The van der Waals surface area contributed by atoms with Gasteiger partial charge in [0.2, 0.25) is 11.8 Å². The lowest BCUT2D eigenvalue weighted by Gasteiger charge is -2.24. The molecule has 1 fully saturated rings. The Hall–Kier alpha value is -3.67. The largest absolute Gasteiger partial charge is 0.493 e. The van der Waals surface area contributed by atoms with Crippen molar-refractivity contribution in [1.29, 1.82) is 0 Å². The van der Waals surface area contributed by atoms with Gasteiger partial charge in [0.1, 0.15) is 11.7 Å². The number of benzene rings is 1. The standard InChI is InChI=1S/C26H37N7O5/c1-16(2)10-20-25(35)27-13-19-15-33(31-30-19)8-5-9-38-23-11-17(6-7-22(23)37-4)24(34)28-18-12-21(26(36)29-20)32(3)14-18/h6-7,11,15-16,18,20-21H,5,8-10,12-14H2,1-4H3,(H,27,35)(H,28,34)(H,29,36)/t18-,20+,21-/m0/s1. The Kier molecular flexibility index (Phi) is 8.82. The van der Waals surface area contributed by atoms with Crippen molar-refractivity contribution in [3.63, 3.8) is 0 Å². The maximum atomic E-state index is 13.2. The number of hydrogen-bond acceptors (Lipinski definition) is 8. The molecule has 0 unspecified atom stereocenters. The molecule has 2 aliphatic heterocycles. The fourth-order valence-electron chi connectivity index (χ4n) is 4.82. The first-order valence-electron chi connectivity index (χ1n) is 13.0. The van der Waals surface area contributed by atoms with Gasteiger partial charge in [-0.25, -0.2) is 0 Å². The van der Waals surface area contributed by atoms with E-state index in [1.807, 2.05) is 25.8 Å². The van der Waals surface area contributed by atoms with Gasteiger partial charge in [-0.1, -0.05) is 19.1 Å². The van der Waals surface area contributed by atoms with E-state index >= 15 is 0 Å². The van der Waals surface area contributed by atoms with Gasteiger partial charge in [-0.15, -0.1) is 5.10 Å². The fraction of sp³-hybridized carbons (Fsp3) is 0.577. The third-order valence-electron chi connectivity index (χ3n) is 6.77. The number of rotatable bonds is 3. The number of amides is 3. The predicted octanol–water partition coefficient (Wildman–Crippen LogP) is 0.719. The molecule has 0 radical (unpaired) electrons.